The van der Waals surface area contributed by atoms with Crippen molar-refractivity contribution in [2.45, 2.75) is 12.8 Å². The molecule has 9 heteroatoms. The molecule has 0 saturated carbocycles. The number of amides is 1. The number of thiophene rings is 1. The van der Waals surface area contributed by atoms with E-state index < -0.39 is 11.9 Å². The monoisotopic (exact) mass is 307 g/mol. The number of hydrogen-bond acceptors (Lipinski definition) is 6. The van der Waals surface area contributed by atoms with Crippen LogP contribution in [0.15, 0.2) is 17.8 Å². The molecule has 0 unspecified atom stereocenters. The van der Waals surface area contributed by atoms with Crippen molar-refractivity contribution in [2.75, 3.05) is 13.1 Å². The van der Waals surface area contributed by atoms with Gasteiger partial charge in [-0.05, 0) is 34.7 Å². The maximum Gasteiger partial charge on any atom is 0.308 e. The highest BCUT2D eigenvalue weighted by Crippen LogP contribution is 2.25. The summed E-state index contributed by atoms with van der Waals surface area (Å²) < 4.78 is 1.43. The number of piperidine rings is 1. The lowest BCUT2D eigenvalue weighted by molar-refractivity contribution is -0.143. The summed E-state index contributed by atoms with van der Waals surface area (Å²) in [6.07, 6.45) is 2.74. The average molecular weight is 307 g/mol. The summed E-state index contributed by atoms with van der Waals surface area (Å²) >= 11 is 1.30. The van der Waals surface area contributed by atoms with Crippen LogP contribution in [0.5, 0.6) is 0 Å². The number of likely N-dealkylation sites (tertiary alicyclic amines) is 1. The van der Waals surface area contributed by atoms with Gasteiger partial charge in [-0.2, -0.15) is 4.68 Å². The van der Waals surface area contributed by atoms with Crippen molar-refractivity contribution in [3.8, 4) is 5.69 Å². The molecule has 3 rings (SSSR count). The number of carbonyl (C=O) groups is 2. The standard InChI is InChI=1S/C12H13N5O3S/c18-11(16-4-1-2-8(6-16)12(19)20)10-9(3-5-21-10)17-7-13-14-15-17/h3,5,7-8H,1-2,4,6H2,(H,19,20)/t8-/m0/s1. The first-order valence-corrected chi connectivity index (χ1v) is 7.37. The number of carboxylic acid groups (broad SMARTS) is 1. The zero-order valence-corrected chi connectivity index (χ0v) is 11.9. The Balaban J connectivity index is 1.83. The predicted molar refractivity (Wildman–Crippen MR) is 73.3 cm³/mol. The molecule has 1 N–H and O–H groups in total. The minimum absolute atomic E-state index is 0.165. The Morgan fingerprint density at radius 3 is 3.00 bits per heavy atom. The van der Waals surface area contributed by atoms with Gasteiger partial charge in [0.2, 0.25) is 0 Å². The van der Waals surface area contributed by atoms with Gasteiger partial charge in [-0.25, -0.2) is 0 Å². The topological polar surface area (TPSA) is 101 Å². The van der Waals surface area contributed by atoms with Gasteiger partial charge < -0.3 is 10.0 Å². The number of aliphatic carboxylic acids is 1. The third-order valence-corrected chi connectivity index (χ3v) is 4.38. The van der Waals surface area contributed by atoms with Gasteiger partial charge in [0.15, 0.2) is 0 Å². The highest BCUT2D eigenvalue weighted by molar-refractivity contribution is 7.12. The van der Waals surface area contributed by atoms with E-state index in [-0.39, 0.29) is 12.5 Å². The fourth-order valence-electron chi connectivity index (χ4n) is 2.42. The van der Waals surface area contributed by atoms with Crippen molar-refractivity contribution in [1.82, 2.24) is 25.1 Å². The molecule has 0 radical (unpaired) electrons. The van der Waals surface area contributed by atoms with Gasteiger partial charge >= 0.3 is 5.97 Å². The van der Waals surface area contributed by atoms with E-state index in [0.717, 1.165) is 0 Å². The van der Waals surface area contributed by atoms with Gasteiger partial charge in [0.1, 0.15) is 11.2 Å². The van der Waals surface area contributed by atoms with E-state index in [4.69, 9.17) is 5.11 Å². The number of aromatic nitrogens is 4. The lowest BCUT2D eigenvalue weighted by Gasteiger charge is -2.30. The van der Waals surface area contributed by atoms with Crippen molar-refractivity contribution in [3.05, 3.63) is 22.7 Å². The Bertz CT molecular complexity index is 654. The molecule has 110 valence electrons. The van der Waals surface area contributed by atoms with Gasteiger partial charge in [-0.15, -0.1) is 16.4 Å². The molecule has 1 saturated heterocycles. The molecule has 0 aromatic carbocycles. The van der Waals surface area contributed by atoms with Crippen LogP contribution in [0.3, 0.4) is 0 Å². The van der Waals surface area contributed by atoms with E-state index in [0.29, 0.717) is 30.0 Å². The molecule has 2 aromatic rings. The maximum atomic E-state index is 12.6. The number of carbonyl (C=O) groups excluding carboxylic acids is 1. The van der Waals surface area contributed by atoms with E-state index in [9.17, 15) is 9.59 Å². The van der Waals surface area contributed by atoms with Gasteiger partial charge in [0.25, 0.3) is 5.91 Å². The predicted octanol–water partition coefficient (Wildman–Crippen LogP) is 0.661. The molecular weight excluding hydrogens is 294 g/mol. The van der Waals surface area contributed by atoms with E-state index in [2.05, 4.69) is 15.5 Å². The van der Waals surface area contributed by atoms with E-state index in [1.165, 1.54) is 22.3 Å². The quantitative estimate of drug-likeness (QED) is 0.894. The molecule has 3 heterocycles. The van der Waals surface area contributed by atoms with Crippen LogP contribution in [0.25, 0.3) is 5.69 Å². The third kappa shape index (κ3) is 2.64. The molecule has 0 bridgehead atoms. The lowest BCUT2D eigenvalue weighted by Crippen LogP contribution is -2.42. The zero-order valence-electron chi connectivity index (χ0n) is 11.0. The van der Waals surface area contributed by atoms with Crippen LogP contribution in [0, 0.1) is 5.92 Å². The fourth-order valence-corrected chi connectivity index (χ4v) is 3.27. The summed E-state index contributed by atoms with van der Waals surface area (Å²) in [4.78, 5) is 25.8. The van der Waals surface area contributed by atoms with Gasteiger partial charge in [0.05, 0.1) is 11.6 Å². The second kappa shape index (κ2) is 5.60. The summed E-state index contributed by atoms with van der Waals surface area (Å²) in [6.45, 7) is 0.830. The van der Waals surface area contributed by atoms with Crippen LogP contribution in [0.2, 0.25) is 0 Å². The van der Waals surface area contributed by atoms with Crippen LogP contribution in [-0.2, 0) is 4.79 Å². The summed E-state index contributed by atoms with van der Waals surface area (Å²) in [5.41, 5.74) is 0.618. The molecule has 21 heavy (non-hydrogen) atoms. The Hall–Kier alpha value is -2.29. The summed E-state index contributed by atoms with van der Waals surface area (Å²) in [6, 6.07) is 1.77. The molecule has 8 nitrogen and oxygen atoms in total. The van der Waals surface area contributed by atoms with Gasteiger partial charge in [-0.1, -0.05) is 0 Å². The summed E-state index contributed by atoms with van der Waals surface area (Å²) in [7, 11) is 0. The molecule has 1 atom stereocenters. The van der Waals surface area contributed by atoms with Crippen LogP contribution >= 0.6 is 11.3 Å². The lowest BCUT2D eigenvalue weighted by atomic mass is 9.98. The second-order valence-corrected chi connectivity index (χ2v) is 5.73. The minimum atomic E-state index is -0.848. The first-order chi connectivity index (χ1) is 10.2. The number of nitrogens with zero attached hydrogens (tertiary/aromatic N) is 5. The Morgan fingerprint density at radius 1 is 1.43 bits per heavy atom. The van der Waals surface area contributed by atoms with Crippen molar-refractivity contribution < 1.29 is 14.7 Å². The molecule has 1 aliphatic heterocycles. The van der Waals surface area contributed by atoms with Crippen molar-refractivity contribution >= 4 is 23.2 Å². The molecule has 0 aliphatic carbocycles. The van der Waals surface area contributed by atoms with E-state index in [1.807, 2.05) is 0 Å². The molecular formula is C12H13N5O3S. The van der Waals surface area contributed by atoms with Crippen molar-refractivity contribution in [1.29, 1.82) is 0 Å². The SMILES string of the molecule is O=C(O)[C@H]1CCCN(C(=O)c2sccc2-n2cnnn2)C1. The summed E-state index contributed by atoms with van der Waals surface area (Å²) in [5.74, 6) is -1.50. The first kappa shape index (κ1) is 13.7. The van der Waals surface area contributed by atoms with Gasteiger partial charge in [-0.3, -0.25) is 9.59 Å². The average Bonchev–Trinajstić information content (AvgIpc) is 3.17. The van der Waals surface area contributed by atoms with Gasteiger partial charge in [0, 0.05) is 13.1 Å². The molecule has 0 spiro atoms. The first-order valence-electron chi connectivity index (χ1n) is 6.49. The van der Waals surface area contributed by atoms with Crippen molar-refractivity contribution in [3.63, 3.8) is 0 Å². The Labute approximate surface area is 124 Å². The zero-order chi connectivity index (χ0) is 14.8. The smallest absolute Gasteiger partial charge is 0.308 e. The fraction of sp³-hybridized carbons (Fsp3) is 0.417. The Kier molecular flexibility index (Phi) is 3.65. The van der Waals surface area contributed by atoms with E-state index in [1.54, 1.807) is 16.3 Å². The maximum absolute atomic E-state index is 12.6. The van der Waals surface area contributed by atoms with Crippen LogP contribution in [-0.4, -0.2) is 55.2 Å². The largest absolute Gasteiger partial charge is 0.481 e. The third-order valence-electron chi connectivity index (χ3n) is 3.49. The highest BCUT2D eigenvalue weighted by atomic mass is 32.1. The van der Waals surface area contributed by atoms with Crippen LogP contribution in [0.1, 0.15) is 22.5 Å². The van der Waals surface area contributed by atoms with Crippen LogP contribution in [0.4, 0.5) is 0 Å². The number of carboxylic acids is 1. The van der Waals surface area contributed by atoms with E-state index >= 15 is 0 Å². The Morgan fingerprint density at radius 2 is 2.29 bits per heavy atom. The molecule has 2 aromatic heterocycles. The molecule has 1 aliphatic rings. The normalized spacial score (nSPS) is 18.7. The highest BCUT2D eigenvalue weighted by Gasteiger charge is 2.30. The molecule has 1 fully saturated rings. The van der Waals surface area contributed by atoms with Crippen molar-refractivity contribution in [2.24, 2.45) is 5.92 Å². The second-order valence-electron chi connectivity index (χ2n) is 4.82. The van der Waals surface area contributed by atoms with Crippen LogP contribution < -0.4 is 0 Å². The molecule has 1 amide bonds. The number of rotatable bonds is 3. The number of tetrazole rings is 1. The summed E-state index contributed by atoms with van der Waals surface area (Å²) in [5, 5.41) is 21.8. The number of hydrogen-bond donors (Lipinski definition) is 1. The minimum Gasteiger partial charge on any atom is -0.481 e.